The van der Waals surface area contributed by atoms with Crippen molar-refractivity contribution in [2.75, 3.05) is 13.6 Å². The van der Waals surface area contributed by atoms with Crippen molar-refractivity contribution in [3.05, 3.63) is 33.8 Å². The van der Waals surface area contributed by atoms with Crippen LogP contribution >= 0.6 is 15.9 Å². The lowest BCUT2D eigenvalue weighted by Gasteiger charge is -2.13. The van der Waals surface area contributed by atoms with Crippen LogP contribution in [0, 0.1) is 0 Å². The molecular formula is C10H9BrF3NO. The molecule has 0 atom stereocenters. The van der Waals surface area contributed by atoms with E-state index in [-0.39, 0.29) is 16.6 Å². The second-order valence-corrected chi connectivity index (χ2v) is 3.97. The molecule has 6 heteroatoms. The van der Waals surface area contributed by atoms with Gasteiger partial charge in [-0.15, -0.1) is 0 Å². The highest BCUT2D eigenvalue weighted by molar-refractivity contribution is 9.10. The molecule has 0 amide bonds. The average Bonchev–Trinajstić information content (AvgIpc) is 2.16. The van der Waals surface area contributed by atoms with E-state index in [2.05, 4.69) is 21.2 Å². The van der Waals surface area contributed by atoms with Gasteiger partial charge in [0.2, 0.25) is 0 Å². The van der Waals surface area contributed by atoms with Gasteiger partial charge >= 0.3 is 6.18 Å². The first-order valence-corrected chi connectivity index (χ1v) is 5.20. The summed E-state index contributed by atoms with van der Waals surface area (Å²) in [5, 5.41) is 2.53. The molecule has 0 aromatic heterocycles. The Kier molecular flexibility index (Phi) is 4.09. The summed E-state index contributed by atoms with van der Waals surface area (Å²) >= 11 is 2.96. The lowest BCUT2D eigenvalue weighted by Crippen LogP contribution is -2.22. The van der Waals surface area contributed by atoms with Crippen molar-refractivity contribution in [2.24, 2.45) is 0 Å². The second kappa shape index (κ2) is 4.97. The van der Waals surface area contributed by atoms with E-state index in [0.29, 0.717) is 0 Å². The average molecular weight is 296 g/mol. The molecular weight excluding hydrogens is 287 g/mol. The Balaban J connectivity index is 3.30. The Hall–Kier alpha value is -0.880. The van der Waals surface area contributed by atoms with Crippen molar-refractivity contribution < 1.29 is 18.0 Å². The molecule has 0 saturated heterocycles. The van der Waals surface area contributed by atoms with Crippen LogP contribution in [0.2, 0.25) is 0 Å². The summed E-state index contributed by atoms with van der Waals surface area (Å²) < 4.78 is 38.1. The number of hydrogen-bond acceptors (Lipinski definition) is 2. The number of Topliss-reactive ketones (excluding diaryl/α,β-unsaturated/α-hetero) is 1. The zero-order chi connectivity index (χ0) is 12.3. The number of hydrogen-bond donors (Lipinski definition) is 1. The fourth-order valence-electron chi connectivity index (χ4n) is 1.29. The summed E-state index contributed by atoms with van der Waals surface area (Å²) in [4.78, 5) is 11.5. The zero-order valence-electron chi connectivity index (χ0n) is 8.36. The van der Waals surface area contributed by atoms with Crippen LogP contribution in [0.3, 0.4) is 0 Å². The van der Waals surface area contributed by atoms with Crippen molar-refractivity contribution >= 4 is 21.7 Å². The molecule has 1 N–H and O–H groups in total. The Morgan fingerprint density at radius 1 is 1.44 bits per heavy atom. The maximum absolute atomic E-state index is 12.6. The van der Waals surface area contributed by atoms with Gasteiger partial charge in [0, 0.05) is 10.0 Å². The first-order valence-electron chi connectivity index (χ1n) is 4.41. The van der Waals surface area contributed by atoms with Gasteiger partial charge in [0.15, 0.2) is 5.78 Å². The molecule has 0 bridgehead atoms. The lowest BCUT2D eigenvalue weighted by molar-refractivity contribution is -0.137. The predicted octanol–water partition coefficient (Wildman–Crippen LogP) is 2.87. The molecule has 16 heavy (non-hydrogen) atoms. The number of carbonyl (C=O) groups excluding carboxylic acids is 1. The van der Waals surface area contributed by atoms with E-state index in [0.717, 1.165) is 6.07 Å². The normalized spacial score (nSPS) is 11.6. The van der Waals surface area contributed by atoms with Crippen molar-refractivity contribution in [1.29, 1.82) is 0 Å². The van der Waals surface area contributed by atoms with Crippen LogP contribution in [0.5, 0.6) is 0 Å². The molecule has 0 aliphatic carbocycles. The number of likely N-dealkylation sites (N-methyl/N-ethyl adjacent to an activating group) is 1. The van der Waals surface area contributed by atoms with Crippen LogP contribution in [-0.4, -0.2) is 19.4 Å². The van der Waals surface area contributed by atoms with Crippen LogP contribution in [-0.2, 0) is 6.18 Å². The number of halogens is 4. The SMILES string of the molecule is CNCC(=O)c1c(Br)cccc1C(F)(F)F. The van der Waals surface area contributed by atoms with E-state index in [4.69, 9.17) is 0 Å². The van der Waals surface area contributed by atoms with Gasteiger partial charge < -0.3 is 5.32 Å². The first kappa shape index (κ1) is 13.2. The molecule has 0 aliphatic heterocycles. The molecule has 1 rings (SSSR count). The van der Waals surface area contributed by atoms with Gasteiger partial charge in [0.05, 0.1) is 12.1 Å². The van der Waals surface area contributed by atoms with Crippen molar-refractivity contribution in [3.63, 3.8) is 0 Å². The van der Waals surface area contributed by atoms with E-state index in [1.165, 1.54) is 19.2 Å². The summed E-state index contributed by atoms with van der Waals surface area (Å²) in [6.45, 7) is -0.133. The first-order chi connectivity index (χ1) is 7.38. The number of carbonyl (C=O) groups is 1. The van der Waals surface area contributed by atoms with Gasteiger partial charge in [-0.1, -0.05) is 22.0 Å². The van der Waals surface area contributed by atoms with Crippen molar-refractivity contribution in [3.8, 4) is 0 Å². The number of benzene rings is 1. The summed E-state index contributed by atoms with van der Waals surface area (Å²) in [6.07, 6.45) is -4.53. The Labute approximate surface area is 99.0 Å². The third kappa shape index (κ3) is 2.82. The topological polar surface area (TPSA) is 29.1 Å². The van der Waals surface area contributed by atoms with E-state index in [9.17, 15) is 18.0 Å². The lowest BCUT2D eigenvalue weighted by atomic mass is 10.0. The standard InChI is InChI=1S/C10H9BrF3NO/c1-15-5-8(16)9-6(10(12,13)14)3-2-4-7(9)11/h2-4,15H,5H2,1H3. The Bertz CT molecular complexity index is 404. The van der Waals surface area contributed by atoms with Crippen LogP contribution in [0.25, 0.3) is 0 Å². The smallest absolute Gasteiger partial charge is 0.313 e. The predicted molar refractivity (Wildman–Crippen MR) is 57.4 cm³/mol. The summed E-state index contributed by atoms with van der Waals surface area (Å²) in [5.74, 6) is -0.595. The summed E-state index contributed by atoms with van der Waals surface area (Å²) in [6, 6.07) is 3.56. The monoisotopic (exact) mass is 295 g/mol. The Morgan fingerprint density at radius 3 is 2.56 bits per heavy atom. The van der Waals surface area contributed by atoms with Gasteiger partial charge in [0.25, 0.3) is 0 Å². The highest BCUT2D eigenvalue weighted by atomic mass is 79.9. The second-order valence-electron chi connectivity index (χ2n) is 3.11. The number of nitrogens with one attached hydrogen (secondary N) is 1. The van der Waals surface area contributed by atoms with Gasteiger partial charge in [-0.05, 0) is 19.2 Å². The highest BCUT2D eigenvalue weighted by Gasteiger charge is 2.35. The number of rotatable bonds is 3. The fourth-order valence-corrected chi connectivity index (χ4v) is 1.88. The van der Waals surface area contributed by atoms with Crippen LogP contribution < -0.4 is 5.32 Å². The molecule has 0 unspecified atom stereocenters. The highest BCUT2D eigenvalue weighted by Crippen LogP contribution is 2.35. The molecule has 1 aromatic rings. The third-order valence-corrected chi connectivity index (χ3v) is 2.60. The molecule has 0 aliphatic rings. The van der Waals surface area contributed by atoms with Gasteiger partial charge in [0.1, 0.15) is 0 Å². The number of ketones is 1. The summed E-state index contributed by atoms with van der Waals surface area (Å²) in [5.41, 5.74) is -1.24. The maximum atomic E-state index is 12.6. The van der Waals surface area contributed by atoms with E-state index < -0.39 is 17.5 Å². The Morgan fingerprint density at radius 2 is 2.06 bits per heavy atom. The van der Waals surface area contributed by atoms with Crippen LogP contribution in [0.4, 0.5) is 13.2 Å². The molecule has 0 saturated carbocycles. The minimum absolute atomic E-state index is 0.133. The van der Waals surface area contributed by atoms with E-state index in [1.54, 1.807) is 0 Å². The summed E-state index contributed by atoms with van der Waals surface area (Å²) in [7, 11) is 1.50. The van der Waals surface area contributed by atoms with Crippen LogP contribution in [0.1, 0.15) is 15.9 Å². The quantitative estimate of drug-likeness (QED) is 0.869. The molecule has 0 fully saturated rings. The molecule has 0 spiro atoms. The minimum atomic E-state index is -4.53. The molecule has 0 heterocycles. The fraction of sp³-hybridized carbons (Fsp3) is 0.300. The maximum Gasteiger partial charge on any atom is 0.417 e. The molecule has 0 radical (unpaired) electrons. The van der Waals surface area contributed by atoms with Crippen molar-refractivity contribution in [2.45, 2.75) is 6.18 Å². The largest absolute Gasteiger partial charge is 0.417 e. The number of alkyl halides is 3. The van der Waals surface area contributed by atoms with Crippen LogP contribution in [0.15, 0.2) is 22.7 Å². The molecule has 2 nitrogen and oxygen atoms in total. The third-order valence-electron chi connectivity index (χ3n) is 1.94. The van der Waals surface area contributed by atoms with Gasteiger partial charge in [-0.25, -0.2) is 0 Å². The van der Waals surface area contributed by atoms with Crippen molar-refractivity contribution in [1.82, 2.24) is 5.32 Å². The zero-order valence-corrected chi connectivity index (χ0v) is 9.95. The van der Waals surface area contributed by atoms with Gasteiger partial charge in [-0.3, -0.25) is 4.79 Å². The van der Waals surface area contributed by atoms with Gasteiger partial charge in [-0.2, -0.15) is 13.2 Å². The van der Waals surface area contributed by atoms with E-state index >= 15 is 0 Å². The minimum Gasteiger partial charge on any atom is -0.313 e. The van der Waals surface area contributed by atoms with E-state index in [1.807, 2.05) is 0 Å². The molecule has 1 aromatic carbocycles. The molecule has 88 valence electrons.